The van der Waals surface area contributed by atoms with Crippen LogP contribution in [-0.2, 0) is 0 Å². The minimum absolute atomic E-state index is 0.689. The van der Waals surface area contributed by atoms with Crippen molar-refractivity contribution in [3.63, 3.8) is 0 Å². The summed E-state index contributed by atoms with van der Waals surface area (Å²) in [6.45, 7) is 0. The van der Waals surface area contributed by atoms with Crippen molar-refractivity contribution in [2.24, 2.45) is 0 Å². The molecule has 19 heavy (non-hydrogen) atoms. The fourth-order valence-corrected chi connectivity index (χ4v) is 1.49. The Morgan fingerprint density at radius 2 is 1.21 bits per heavy atom. The number of rotatable bonds is 1. The average Bonchev–Trinajstić information content (AvgIpc) is 2.39. The van der Waals surface area contributed by atoms with Crippen LogP contribution in [0.15, 0.2) is 17.1 Å². The largest absolute Gasteiger partial charge is 0.327 e. The standard InChI is InChI=1S/C11H3F6NO/c12-5-3(1-2-18-11(5)19)4-6(13)8(15)10(17)9(16)7(4)14/h1-2H,(H,18,19). The molecule has 1 heterocycles. The summed E-state index contributed by atoms with van der Waals surface area (Å²) in [4.78, 5) is 12.8. The van der Waals surface area contributed by atoms with Crippen molar-refractivity contribution in [3.05, 3.63) is 57.5 Å². The van der Waals surface area contributed by atoms with Gasteiger partial charge in [0.1, 0.15) is 0 Å². The van der Waals surface area contributed by atoms with Gasteiger partial charge in [-0.05, 0) is 6.07 Å². The molecule has 0 fully saturated rings. The molecule has 0 bridgehead atoms. The minimum Gasteiger partial charge on any atom is -0.327 e. The topological polar surface area (TPSA) is 32.9 Å². The van der Waals surface area contributed by atoms with Crippen LogP contribution in [0.2, 0.25) is 0 Å². The number of H-pyrrole nitrogens is 1. The Bertz CT molecular complexity index is 695. The van der Waals surface area contributed by atoms with Crippen LogP contribution >= 0.6 is 0 Å². The summed E-state index contributed by atoms with van der Waals surface area (Å²) in [5.41, 5.74) is -3.85. The van der Waals surface area contributed by atoms with Crippen LogP contribution in [-0.4, -0.2) is 4.98 Å². The number of aromatic nitrogens is 1. The molecule has 0 saturated heterocycles. The summed E-state index contributed by atoms with van der Waals surface area (Å²) in [5.74, 6) is -12.8. The number of hydrogen-bond acceptors (Lipinski definition) is 1. The highest BCUT2D eigenvalue weighted by Crippen LogP contribution is 2.31. The molecule has 0 unspecified atom stereocenters. The van der Waals surface area contributed by atoms with Crippen LogP contribution in [0.1, 0.15) is 0 Å². The number of nitrogens with one attached hydrogen (secondary N) is 1. The highest BCUT2D eigenvalue weighted by Gasteiger charge is 2.28. The van der Waals surface area contributed by atoms with E-state index < -0.39 is 51.6 Å². The summed E-state index contributed by atoms with van der Waals surface area (Å²) in [7, 11) is 0. The third-order valence-electron chi connectivity index (χ3n) is 2.38. The van der Waals surface area contributed by atoms with Crippen LogP contribution < -0.4 is 5.56 Å². The van der Waals surface area contributed by atoms with Crippen LogP contribution in [0.3, 0.4) is 0 Å². The van der Waals surface area contributed by atoms with Gasteiger partial charge >= 0.3 is 0 Å². The molecule has 1 N–H and O–H groups in total. The van der Waals surface area contributed by atoms with E-state index in [1.54, 1.807) is 0 Å². The second kappa shape index (κ2) is 4.45. The van der Waals surface area contributed by atoms with E-state index in [9.17, 15) is 31.1 Å². The first-order chi connectivity index (χ1) is 8.86. The number of benzene rings is 1. The van der Waals surface area contributed by atoms with E-state index in [0.717, 1.165) is 6.20 Å². The predicted octanol–water partition coefficient (Wildman–Crippen LogP) is 2.88. The second-order valence-corrected chi connectivity index (χ2v) is 3.48. The first kappa shape index (κ1) is 13.2. The van der Waals surface area contributed by atoms with Gasteiger partial charge in [-0.3, -0.25) is 4.79 Å². The van der Waals surface area contributed by atoms with Gasteiger partial charge in [0.15, 0.2) is 29.1 Å². The second-order valence-electron chi connectivity index (χ2n) is 3.48. The molecule has 2 aromatic rings. The maximum absolute atomic E-state index is 13.4. The molecule has 0 radical (unpaired) electrons. The van der Waals surface area contributed by atoms with Crippen molar-refractivity contribution in [1.82, 2.24) is 4.98 Å². The number of hydrogen-bond donors (Lipinski definition) is 1. The van der Waals surface area contributed by atoms with Gasteiger partial charge in [0.2, 0.25) is 5.82 Å². The quantitative estimate of drug-likeness (QED) is 0.486. The lowest BCUT2D eigenvalue weighted by Gasteiger charge is -2.08. The van der Waals surface area contributed by atoms with Gasteiger partial charge in [0.25, 0.3) is 5.56 Å². The van der Waals surface area contributed by atoms with Crippen molar-refractivity contribution < 1.29 is 26.3 Å². The van der Waals surface area contributed by atoms with E-state index in [-0.39, 0.29) is 0 Å². The molecule has 0 spiro atoms. The molecule has 8 heteroatoms. The summed E-state index contributed by atoms with van der Waals surface area (Å²) in [6, 6.07) is 0.689. The summed E-state index contributed by atoms with van der Waals surface area (Å²) in [6.07, 6.45) is 0.818. The van der Waals surface area contributed by atoms with Crippen molar-refractivity contribution in [3.8, 4) is 11.1 Å². The zero-order valence-electron chi connectivity index (χ0n) is 8.83. The van der Waals surface area contributed by atoms with Gasteiger partial charge in [-0.1, -0.05) is 0 Å². The van der Waals surface area contributed by atoms with Gasteiger partial charge in [0.05, 0.1) is 5.56 Å². The van der Waals surface area contributed by atoms with E-state index in [2.05, 4.69) is 0 Å². The van der Waals surface area contributed by atoms with E-state index in [0.29, 0.717) is 6.07 Å². The average molecular weight is 279 g/mol. The lowest BCUT2D eigenvalue weighted by Crippen LogP contribution is -2.13. The van der Waals surface area contributed by atoms with Gasteiger partial charge in [-0.15, -0.1) is 0 Å². The first-order valence-electron chi connectivity index (χ1n) is 4.75. The SMILES string of the molecule is O=c1[nH]ccc(-c2c(F)c(F)c(F)c(F)c2F)c1F. The lowest BCUT2D eigenvalue weighted by atomic mass is 10.0. The fraction of sp³-hybridized carbons (Fsp3) is 0. The van der Waals surface area contributed by atoms with Crippen molar-refractivity contribution in [2.75, 3.05) is 0 Å². The predicted molar refractivity (Wildman–Crippen MR) is 52.2 cm³/mol. The van der Waals surface area contributed by atoms with E-state index in [1.165, 1.54) is 0 Å². The summed E-state index contributed by atoms with van der Waals surface area (Å²) >= 11 is 0. The lowest BCUT2D eigenvalue weighted by molar-refractivity contribution is 0.381. The molecule has 1 aromatic heterocycles. The molecular weight excluding hydrogens is 276 g/mol. The Labute approximate surface area is 101 Å². The maximum Gasteiger partial charge on any atom is 0.284 e. The Kier molecular flexibility index (Phi) is 3.09. The first-order valence-corrected chi connectivity index (χ1v) is 4.75. The normalized spacial score (nSPS) is 10.8. The molecule has 0 amide bonds. The van der Waals surface area contributed by atoms with E-state index in [1.807, 2.05) is 4.98 Å². The van der Waals surface area contributed by atoms with Gasteiger partial charge in [-0.25, -0.2) is 26.3 Å². The molecule has 0 aliphatic carbocycles. The number of aromatic amines is 1. The molecule has 0 saturated carbocycles. The van der Waals surface area contributed by atoms with Crippen LogP contribution in [0.5, 0.6) is 0 Å². The van der Waals surface area contributed by atoms with Crippen molar-refractivity contribution in [2.45, 2.75) is 0 Å². The Morgan fingerprint density at radius 3 is 1.74 bits per heavy atom. The number of pyridine rings is 1. The molecular formula is C11H3F6NO. The highest BCUT2D eigenvalue weighted by atomic mass is 19.2. The molecule has 0 aliphatic heterocycles. The summed E-state index contributed by atoms with van der Waals surface area (Å²) in [5, 5.41) is 0. The maximum atomic E-state index is 13.4. The van der Waals surface area contributed by atoms with E-state index in [4.69, 9.17) is 0 Å². The molecule has 0 atom stereocenters. The Balaban J connectivity index is 2.91. The fourth-order valence-electron chi connectivity index (χ4n) is 1.49. The van der Waals surface area contributed by atoms with Gasteiger partial charge in [-0.2, -0.15) is 0 Å². The Hall–Kier alpha value is -2.25. The zero-order chi connectivity index (χ0) is 14.3. The monoisotopic (exact) mass is 279 g/mol. The van der Waals surface area contributed by atoms with E-state index >= 15 is 0 Å². The molecule has 100 valence electrons. The molecule has 2 nitrogen and oxygen atoms in total. The van der Waals surface area contributed by atoms with Gasteiger partial charge in [0, 0.05) is 11.8 Å². The zero-order valence-corrected chi connectivity index (χ0v) is 8.83. The van der Waals surface area contributed by atoms with Crippen molar-refractivity contribution in [1.29, 1.82) is 0 Å². The van der Waals surface area contributed by atoms with Crippen LogP contribution in [0, 0.1) is 34.9 Å². The highest BCUT2D eigenvalue weighted by molar-refractivity contribution is 5.65. The smallest absolute Gasteiger partial charge is 0.284 e. The Morgan fingerprint density at radius 1 is 0.737 bits per heavy atom. The third-order valence-corrected chi connectivity index (χ3v) is 2.38. The molecule has 0 aliphatic rings. The molecule has 2 rings (SSSR count). The third kappa shape index (κ3) is 1.88. The van der Waals surface area contributed by atoms with Crippen LogP contribution in [0.25, 0.3) is 11.1 Å². The summed E-state index contributed by atoms with van der Waals surface area (Å²) < 4.78 is 78.9. The van der Waals surface area contributed by atoms with Crippen molar-refractivity contribution >= 4 is 0 Å². The minimum atomic E-state index is -2.36. The van der Waals surface area contributed by atoms with Crippen LogP contribution in [0.4, 0.5) is 26.3 Å². The number of halogens is 6. The molecule has 1 aromatic carbocycles. The van der Waals surface area contributed by atoms with Gasteiger partial charge < -0.3 is 4.98 Å².